The zero-order valence-electron chi connectivity index (χ0n) is 13.9. The molecule has 1 aliphatic heterocycles. The summed E-state index contributed by atoms with van der Waals surface area (Å²) >= 11 is 0. The van der Waals surface area contributed by atoms with Crippen molar-refractivity contribution in [3.8, 4) is 0 Å². The van der Waals surface area contributed by atoms with E-state index in [-0.39, 0.29) is 11.7 Å². The van der Waals surface area contributed by atoms with E-state index in [9.17, 15) is 9.18 Å². The second-order valence-electron chi connectivity index (χ2n) is 5.72. The van der Waals surface area contributed by atoms with Crippen LogP contribution in [0, 0.1) is 5.82 Å². The van der Waals surface area contributed by atoms with Crippen molar-refractivity contribution in [1.82, 2.24) is 15.3 Å². The lowest BCUT2D eigenvalue weighted by atomic mass is 10.2. The van der Waals surface area contributed by atoms with Gasteiger partial charge in [0.1, 0.15) is 5.82 Å². The predicted molar refractivity (Wildman–Crippen MR) is 95.4 cm³/mol. The highest BCUT2D eigenvalue weighted by molar-refractivity contribution is 5.93. The number of amides is 1. The van der Waals surface area contributed by atoms with Crippen molar-refractivity contribution < 1.29 is 9.18 Å². The van der Waals surface area contributed by atoms with E-state index in [1.807, 2.05) is 0 Å². The molecule has 0 saturated carbocycles. The number of hydrogen-bond donors (Lipinski definition) is 1. The fourth-order valence-corrected chi connectivity index (χ4v) is 2.69. The van der Waals surface area contributed by atoms with E-state index in [4.69, 9.17) is 0 Å². The average molecular weight is 341 g/mol. The van der Waals surface area contributed by atoms with E-state index >= 15 is 0 Å². The number of nitrogens with one attached hydrogen (secondary N) is 1. The van der Waals surface area contributed by atoms with Crippen LogP contribution in [-0.2, 0) is 0 Å². The SMILES string of the molecule is C=CCNC(=O)c1cnc(N2CCN(c3ccc(F)cc3)CC2)nc1. The number of carbonyl (C=O) groups excluding carboxylic acids is 1. The van der Waals surface area contributed by atoms with Crippen LogP contribution >= 0.6 is 0 Å². The Morgan fingerprint density at radius 2 is 1.72 bits per heavy atom. The molecule has 2 heterocycles. The standard InChI is InChI=1S/C18H20FN5O/c1-2-7-20-17(25)14-12-21-18(22-13-14)24-10-8-23(9-11-24)16-5-3-15(19)4-6-16/h2-6,12-13H,1,7-11H2,(H,20,25). The fraction of sp³-hybridized carbons (Fsp3) is 0.278. The summed E-state index contributed by atoms with van der Waals surface area (Å²) in [7, 11) is 0. The molecular weight excluding hydrogens is 321 g/mol. The van der Waals surface area contributed by atoms with Gasteiger partial charge in [-0.25, -0.2) is 14.4 Å². The summed E-state index contributed by atoms with van der Waals surface area (Å²) in [6, 6.07) is 6.53. The van der Waals surface area contributed by atoms with E-state index in [0.29, 0.717) is 18.1 Å². The van der Waals surface area contributed by atoms with E-state index in [2.05, 4.69) is 31.7 Å². The molecule has 1 amide bonds. The second-order valence-corrected chi connectivity index (χ2v) is 5.72. The maximum absolute atomic E-state index is 13.0. The molecule has 1 aromatic heterocycles. The van der Waals surface area contributed by atoms with Crippen molar-refractivity contribution in [2.75, 3.05) is 42.5 Å². The van der Waals surface area contributed by atoms with Crippen LogP contribution in [0.2, 0.25) is 0 Å². The lowest BCUT2D eigenvalue weighted by Crippen LogP contribution is -2.47. The minimum Gasteiger partial charge on any atom is -0.368 e. The number of aromatic nitrogens is 2. The number of piperazine rings is 1. The highest BCUT2D eigenvalue weighted by Crippen LogP contribution is 2.18. The van der Waals surface area contributed by atoms with Gasteiger partial charge in [-0.15, -0.1) is 6.58 Å². The molecular formula is C18H20FN5O. The molecule has 1 N–H and O–H groups in total. The third-order valence-corrected chi connectivity index (χ3v) is 4.06. The summed E-state index contributed by atoms with van der Waals surface area (Å²) in [5.41, 5.74) is 1.44. The predicted octanol–water partition coefficient (Wildman–Crippen LogP) is 1.86. The van der Waals surface area contributed by atoms with Crippen LogP contribution in [-0.4, -0.2) is 48.6 Å². The van der Waals surface area contributed by atoms with Gasteiger partial charge in [-0.3, -0.25) is 4.79 Å². The van der Waals surface area contributed by atoms with Gasteiger partial charge >= 0.3 is 0 Å². The lowest BCUT2D eigenvalue weighted by Gasteiger charge is -2.36. The summed E-state index contributed by atoms with van der Waals surface area (Å²) < 4.78 is 13.0. The van der Waals surface area contributed by atoms with Gasteiger partial charge in [-0.2, -0.15) is 0 Å². The van der Waals surface area contributed by atoms with Crippen LogP contribution < -0.4 is 15.1 Å². The van der Waals surface area contributed by atoms with Crippen molar-refractivity contribution in [2.45, 2.75) is 0 Å². The van der Waals surface area contributed by atoms with Gasteiger partial charge in [0.25, 0.3) is 5.91 Å². The number of rotatable bonds is 5. The van der Waals surface area contributed by atoms with Crippen LogP contribution in [0.1, 0.15) is 10.4 Å². The third-order valence-electron chi connectivity index (χ3n) is 4.06. The zero-order chi connectivity index (χ0) is 17.6. The Balaban J connectivity index is 1.58. The highest BCUT2D eigenvalue weighted by atomic mass is 19.1. The number of halogens is 1. The van der Waals surface area contributed by atoms with Gasteiger partial charge in [0.2, 0.25) is 5.95 Å². The molecule has 1 saturated heterocycles. The van der Waals surface area contributed by atoms with E-state index < -0.39 is 0 Å². The van der Waals surface area contributed by atoms with Crippen LogP contribution in [0.25, 0.3) is 0 Å². The van der Waals surface area contributed by atoms with Gasteiger partial charge in [-0.1, -0.05) is 6.08 Å². The Kier molecular flexibility index (Phi) is 5.23. The fourth-order valence-electron chi connectivity index (χ4n) is 2.69. The molecule has 0 unspecified atom stereocenters. The van der Waals surface area contributed by atoms with E-state index in [1.165, 1.54) is 24.5 Å². The Bertz CT molecular complexity index is 724. The highest BCUT2D eigenvalue weighted by Gasteiger charge is 2.19. The van der Waals surface area contributed by atoms with Crippen molar-refractivity contribution >= 4 is 17.5 Å². The molecule has 1 aliphatic rings. The summed E-state index contributed by atoms with van der Waals surface area (Å²) in [6.07, 6.45) is 4.69. The Morgan fingerprint density at radius 1 is 1.12 bits per heavy atom. The second kappa shape index (κ2) is 7.74. The topological polar surface area (TPSA) is 61.4 Å². The smallest absolute Gasteiger partial charge is 0.254 e. The summed E-state index contributed by atoms with van der Waals surface area (Å²) in [6.45, 7) is 7.10. The van der Waals surface area contributed by atoms with Crippen molar-refractivity contribution in [3.63, 3.8) is 0 Å². The van der Waals surface area contributed by atoms with Crippen LogP contribution in [0.4, 0.5) is 16.0 Å². The molecule has 6 nitrogen and oxygen atoms in total. The van der Waals surface area contributed by atoms with Gasteiger partial charge in [0.15, 0.2) is 0 Å². The molecule has 7 heteroatoms. The minimum absolute atomic E-state index is 0.215. The normalized spacial score (nSPS) is 14.3. The van der Waals surface area contributed by atoms with Gasteiger partial charge in [-0.05, 0) is 24.3 Å². The molecule has 0 atom stereocenters. The Hall–Kier alpha value is -2.96. The molecule has 25 heavy (non-hydrogen) atoms. The summed E-state index contributed by atoms with van der Waals surface area (Å²) in [5.74, 6) is 0.166. The summed E-state index contributed by atoms with van der Waals surface area (Å²) in [5, 5.41) is 2.69. The van der Waals surface area contributed by atoms with Crippen LogP contribution in [0.15, 0.2) is 49.3 Å². The molecule has 130 valence electrons. The maximum atomic E-state index is 13.0. The van der Waals surface area contributed by atoms with Gasteiger partial charge < -0.3 is 15.1 Å². The number of anilines is 2. The molecule has 0 aliphatic carbocycles. The van der Waals surface area contributed by atoms with E-state index in [0.717, 1.165) is 31.9 Å². The molecule has 0 bridgehead atoms. The molecule has 1 fully saturated rings. The van der Waals surface area contributed by atoms with Crippen LogP contribution in [0.3, 0.4) is 0 Å². The van der Waals surface area contributed by atoms with Gasteiger partial charge in [0, 0.05) is 50.8 Å². The van der Waals surface area contributed by atoms with E-state index in [1.54, 1.807) is 18.2 Å². The Morgan fingerprint density at radius 3 is 2.32 bits per heavy atom. The quantitative estimate of drug-likeness (QED) is 0.841. The first-order chi connectivity index (χ1) is 12.2. The number of carbonyl (C=O) groups is 1. The van der Waals surface area contributed by atoms with Crippen molar-refractivity contribution in [1.29, 1.82) is 0 Å². The maximum Gasteiger partial charge on any atom is 0.254 e. The monoisotopic (exact) mass is 341 g/mol. The van der Waals surface area contributed by atoms with Crippen molar-refractivity contribution in [2.24, 2.45) is 0 Å². The van der Waals surface area contributed by atoms with Crippen molar-refractivity contribution in [3.05, 3.63) is 60.7 Å². The third kappa shape index (κ3) is 4.12. The first-order valence-corrected chi connectivity index (χ1v) is 8.14. The first-order valence-electron chi connectivity index (χ1n) is 8.14. The van der Waals surface area contributed by atoms with Gasteiger partial charge in [0.05, 0.1) is 5.56 Å². The number of nitrogens with zero attached hydrogens (tertiary/aromatic N) is 4. The number of benzene rings is 1. The molecule has 0 radical (unpaired) electrons. The summed E-state index contributed by atoms with van der Waals surface area (Å²) in [4.78, 5) is 24.7. The minimum atomic E-state index is -0.229. The largest absolute Gasteiger partial charge is 0.368 e. The Labute approximate surface area is 146 Å². The van der Waals surface area contributed by atoms with Crippen LogP contribution in [0.5, 0.6) is 0 Å². The zero-order valence-corrected chi connectivity index (χ0v) is 13.9. The molecule has 3 rings (SSSR count). The number of hydrogen-bond acceptors (Lipinski definition) is 5. The molecule has 2 aromatic rings. The lowest BCUT2D eigenvalue weighted by molar-refractivity contribution is 0.0957. The molecule has 0 spiro atoms. The molecule has 1 aromatic carbocycles. The average Bonchev–Trinajstić information content (AvgIpc) is 2.67. The first kappa shape index (κ1) is 16.9.